The van der Waals surface area contributed by atoms with Gasteiger partial charge in [-0.2, -0.15) is 0 Å². The molecular weight excluding hydrogens is 318 g/mol. The molecule has 0 aromatic carbocycles. The number of likely N-dealkylation sites (tertiary alicyclic amines) is 1. The molecule has 0 aliphatic carbocycles. The Morgan fingerprint density at radius 1 is 1.15 bits per heavy atom. The van der Waals surface area contributed by atoms with Crippen LogP contribution < -0.4 is 10.6 Å². The number of nitrogens with one attached hydrogen (secondary N) is 2. The highest BCUT2D eigenvalue weighted by atomic mass is 79.9. The molecule has 6 heteroatoms. The summed E-state index contributed by atoms with van der Waals surface area (Å²) >= 11 is 3.57. The first-order valence-electron chi connectivity index (χ1n) is 7.52. The van der Waals surface area contributed by atoms with Crippen LogP contribution in [0.25, 0.3) is 0 Å². The van der Waals surface area contributed by atoms with Crippen molar-refractivity contribution in [2.45, 2.75) is 32.6 Å². The van der Waals surface area contributed by atoms with Crippen LogP contribution in [0.15, 0.2) is 10.8 Å². The third-order valence-corrected chi connectivity index (χ3v) is 4.23. The van der Waals surface area contributed by atoms with E-state index in [9.17, 15) is 0 Å². The smallest absolute Gasteiger partial charge is 0.145 e. The minimum atomic E-state index is 0.865. The van der Waals surface area contributed by atoms with Gasteiger partial charge in [-0.05, 0) is 61.2 Å². The summed E-state index contributed by atoms with van der Waals surface area (Å²) in [6.45, 7) is 7.71. The summed E-state index contributed by atoms with van der Waals surface area (Å²) in [5.41, 5.74) is 0. The van der Waals surface area contributed by atoms with Crippen molar-refractivity contribution in [3.63, 3.8) is 0 Å². The maximum absolute atomic E-state index is 4.29. The zero-order valence-electron chi connectivity index (χ0n) is 12.2. The van der Waals surface area contributed by atoms with E-state index in [2.05, 4.69) is 48.4 Å². The van der Waals surface area contributed by atoms with Gasteiger partial charge >= 0.3 is 0 Å². The Morgan fingerprint density at radius 2 is 1.80 bits per heavy atom. The summed E-state index contributed by atoms with van der Waals surface area (Å²) in [6.07, 6.45) is 6.55. The number of anilines is 2. The van der Waals surface area contributed by atoms with Crippen molar-refractivity contribution in [3.05, 3.63) is 10.8 Å². The number of rotatable bonds is 8. The maximum Gasteiger partial charge on any atom is 0.145 e. The predicted molar refractivity (Wildman–Crippen MR) is 87.3 cm³/mol. The van der Waals surface area contributed by atoms with E-state index in [1.165, 1.54) is 32.5 Å². The number of hydrogen-bond donors (Lipinski definition) is 2. The molecule has 2 rings (SSSR count). The van der Waals surface area contributed by atoms with Crippen LogP contribution in [0.3, 0.4) is 0 Å². The number of hydrogen-bond acceptors (Lipinski definition) is 5. The van der Waals surface area contributed by atoms with Crippen molar-refractivity contribution in [2.75, 3.05) is 43.4 Å². The van der Waals surface area contributed by atoms with Crippen molar-refractivity contribution in [2.24, 2.45) is 0 Å². The van der Waals surface area contributed by atoms with E-state index in [1.54, 1.807) is 6.33 Å². The highest BCUT2D eigenvalue weighted by Gasteiger charge is 2.11. The second kappa shape index (κ2) is 8.42. The molecule has 2 heterocycles. The molecule has 0 saturated carbocycles. The first-order chi connectivity index (χ1) is 9.81. The highest BCUT2D eigenvalue weighted by molar-refractivity contribution is 9.10. The van der Waals surface area contributed by atoms with E-state index in [-0.39, 0.29) is 0 Å². The summed E-state index contributed by atoms with van der Waals surface area (Å²) in [5, 5.41) is 6.68. The Bertz CT molecular complexity index is 407. The second-order valence-electron chi connectivity index (χ2n) is 5.14. The Hall–Kier alpha value is -0.880. The molecule has 1 aliphatic rings. The molecule has 5 nitrogen and oxygen atoms in total. The number of aromatic nitrogens is 2. The lowest BCUT2D eigenvalue weighted by molar-refractivity contribution is 0.337. The third kappa shape index (κ3) is 4.59. The standard InChI is InChI=1S/C14H24BrN5/c1-2-6-16-13-12(15)14(19-11-18-13)17-7-5-10-20-8-3-4-9-20/h11H,2-10H2,1H3,(H2,16,17,18,19). The first kappa shape index (κ1) is 15.5. The summed E-state index contributed by atoms with van der Waals surface area (Å²) < 4.78 is 0.926. The van der Waals surface area contributed by atoms with Crippen molar-refractivity contribution in [3.8, 4) is 0 Å². The molecule has 0 unspecified atom stereocenters. The van der Waals surface area contributed by atoms with Crippen molar-refractivity contribution < 1.29 is 0 Å². The Kier molecular flexibility index (Phi) is 6.53. The summed E-state index contributed by atoms with van der Waals surface area (Å²) in [5.74, 6) is 1.74. The lowest BCUT2D eigenvalue weighted by Gasteiger charge is -2.15. The zero-order chi connectivity index (χ0) is 14.2. The minimum absolute atomic E-state index is 0.865. The lowest BCUT2D eigenvalue weighted by atomic mass is 10.4. The fourth-order valence-corrected chi connectivity index (χ4v) is 2.86. The summed E-state index contributed by atoms with van der Waals surface area (Å²) in [4.78, 5) is 11.1. The van der Waals surface area contributed by atoms with Gasteiger partial charge in [-0.15, -0.1) is 0 Å². The molecule has 20 heavy (non-hydrogen) atoms. The molecule has 1 fully saturated rings. The summed E-state index contributed by atoms with van der Waals surface area (Å²) in [6, 6.07) is 0. The lowest BCUT2D eigenvalue weighted by Crippen LogP contribution is -2.22. The monoisotopic (exact) mass is 341 g/mol. The van der Waals surface area contributed by atoms with E-state index < -0.39 is 0 Å². The van der Waals surface area contributed by atoms with E-state index in [0.717, 1.165) is 42.0 Å². The van der Waals surface area contributed by atoms with Crippen LogP contribution in [0.1, 0.15) is 32.6 Å². The van der Waals surface area contributed by atoms with Gasteiger partial charge in [-0.25, -0.2) is 9.97 Å². The molecule has 1 saturated heterocycles. The van der Waals surface area contributed by atoms with Gasteiger partial charge in [0.2, 0.25) is 0 Å². The topological polar surface area (TPSA) is 53.1 Å². The molecule has 2 N–H and O–H groups in total. The van der Waals surface area contributed by atoms with E-state index >= 15 is 0 Å². The average Bonchev–Trinajstić information content (AvgIpc) is 2.97. The van der Waals surface area contributed by atoms with Crippen LogP contribution in [-0.2, 0) is 0 Å². The SMILES string of the molecule is CCCNc1ncnc(NCCCN2CCCC2)c1Br. The van der Waals surface area contributed by atoms with E-state index in [0.29, 0.717) is 0 Å². The van der Waals surface area contributed by atoms with Gasteiger partial charge in [0.1, 0.15) is 22.4 Å². The molecular formula is C14H24BrN5. The fraction of sp³-hybridized carbons (Fsp3) is 0.714. The van der Waals surface area contributed by atoms with E-state index in [1.807, 2.05) is 0 Å². The van der Waals surface area contributed by atoms with Crippen molar-refractivity contribution in [1.29, 1.82) is 0 Å². The van der Waals surface area contributed by atoms with Gasteiger partial charge in [-0.3, -0.25) is 0 Å². The molecule has 112 valence electrons. The predicted octanol–water partition coefficient (Wildman–Crippen LogP) is 2.96. The quantitative estimate of drug-likeness (QED) is 0.712. The van der Waals surface area contributed by atoms with Gasteiger partial charge in [0.25, 0.3) is 0 Å². The molecule has 0 spiro atoms. The number of nitrogens with zero attached hydrogens (tertiary/aromatic N) is 3. The molecule has 0 bridgehead atoms. The van der Waals surface area contributed by atoms with Crippen LogP contribution >= 0.6 is 15.9 Å². The molecule has 1 aliphatic heterocycles. The van der Waals surface area contributed by atoms with Gasteiger partial charge in [0, 0.05) is 13.1 Å². The van der Waals surface area contributed by atoms with Crippen LogP contribution in [0.2, 0.25) is 0 Å². The number of halogens is 1. The van der Waals surface area contributed by atoms with Crippen LogP contribution in [0.5, 0.6) is 0 Å². The van der Waals surface area contributed by atoms with Crippen molar-refractivity contribution >= 4 is 27.6 Å². The normalized spacial score (nSPS) is 15.5. The van der Waals surface area contributed by atoms with Gasteiger partial charge in [0.15, 0.2) is 0 Å². The maximum atomic E-state index is 4.29. The molecule has 1 aromatic rings. The molecule has 0 atom stereocenters. The molecule has 0 radical (unpaired) electrons. The van der Waals surface area contributed by atoms with Crippen LogP contribution in [-0.4, -0.2) is 47.6 Å². The fourth-order valence-electron chi connectivity index (χ4n) is 2.38. The minimum Gasteiger partial charge on any atom is -0.369 e. The second-order valence-corrected chi connectivity index (χ2v) is 5.93. The van der Waals surface area contributed by atoms with E-state index in [4.69, 9.17) is 0 Å². The Morgan fingerprint density at radius 3 is 2.45 bits per heavy atom. The molecule has 1 aromatic heterocycles. The third-order valence-electron chi connectivity index (χ3n) is 3.47. The van der Waals surface area contributed by atoms with Crippen LogP contribution in [0.4, 0.5) is 11.6 Å². The largest absolute Gasteiger partial charge is 0.369 e. The zero-order valence-corrected chi connectivity index (χ0v) is 13.7. The Balaban J connectivity index is 1.76. The van der Waals surface area contributed by atoms with Gasteiger partial charge < -0.3 is 15.5 Å². The van der Waals surface area contributed by atoms with Gasteiger partial charge in [-0.1, -0.05) is 6.92 Å². The average molecular weight is 342 g/mol. The molecule has 0 amide bonds. The highest BCUT2D eigenvalue weighted by Crippen LogP contribution is 2.26. The Labute approximate surface area is 129 Å². The van der Waals surface area contributed by atoms with Crippen LogP contribution in [0, 0.1) is 0 Å². The van der Waals surface area contributed by atoms with Gasteiger partial charge in [0.05, 0.1) is 0 Å². The first-order valence-corrected chi connectivity index (χ1v) is 8.31. The van der Waals surface area contributed by atoms with Crippen molar-refractivity contribution in [1.82, 2.24) is 14.9 Å². The summed E-state index contributed by atoms with van der Waals surface area (Å²) in [7, 11) is 0.